The molecule has 6 nitrogen and oxygen atoms in total. The maximum absolute atomic E-state index is 13.7. The highest BCUT2D eigenvalue weighted by Crippen LogP contribution is 2.24. The lowest BCUT2D eigenvalue weighted by Crippen LogP contribution is -2.27. The van der Waals surface area contributed by atoms with Crippen molar-refractivity contribution < 1.29 is 14.1 Å². The first-order valence-corrected chi connectivity index (χ1v) is 5.98. The number of benzene rings is 2. The number of amides is 1. The van der Waals surface area contributed by atoms with E-state index in [0.29, 0.717) is 0 Å². The van der Waals surface area contributed by atoms with Gasteiger partial charge in [-0.15, -0.1) is 0 Å². The fraction of sp³-hybridized carbons (Fsp3) is 0.0714. The molecule has 2 N–H and O–H groups in total. The van der Waals surface area contributed by atoms with Crippen molar-refractivity contribution >= 4 is 23.0 Å². The molecule has 0 aliphatic rings. The zero-order valence-corrected chi connectivity index (χ0v) is 11.1. The lowest BCUT2D eigenvalue weighted by atomic mass is 10.1. The number of carbonyl (C=O) groups excluding carboxylic acids is 1. The van der Waals surface area contributed by atoms with E-state index in [1.54, 1.807) is 6.07 Å². The highest BCUT2D eigenvalue weighted by molar-refractivity contribution is 6.09. The van der Waals surface area contributed by atoms with E-state index in [9.17, 15) is 19.3 Å². The molecule has 0 aromatic heterocycles. The van der Waals surface area contributed by atoms with Gasteiger partial charge in [0.05, 0.1) is 16.2 Å². The fourth-order valence-corrected chi connectivity index (χ4v) is 1.86. The summed E-state index contributed by atoms with van der Waals surface area (Å²) in [6, 6.07) is 9.29. The standard InChI is InChI=1S/C14H12FN3O3/c1-17(13-5-3-2-4-11(13)15)14(19)10-8-9(18(20)21)6-7-12(10)16/h2-8H,16H2,1H3. The normalized spacial score (nSPS) is 10.2. The lowest BCUT2D eigenvalue weighted by Gasteiger charge is -2.18. The van der Waals surface area contributed by atoms with Crippen molar-refractivity contribution in [2.45, 2.75) is 0 Å². The number of rotatable bonds is 3. The second-order valence-electron chi connectivity index (χ2n) is 4.34. The van der Waals surface area contributed by atoms with Crippen LogP contribution in [0.25, 0.3) is 0 Å². The van der Waals surface area contributed by atoms with E-state index in [-0.39, 0.29) is 22.6 Å². The van der Waals surface area contributed by atoms with Crippen LogP contribution in [-0.4, -0.2) is 17.9 Å². The van der Waals surface area contributed by atoms with Crippen LogP contribution in [0.15, 0.2) is 42.5 Å². The van der Waals surface area contributed by atoms with Crippen LogP contribution in [0.1, 0.15) is 10.4 Å². The van der Waals surface area contributed by atoms with E-state index in [2.05, 4.69) is 0 Å². The smallest absolute Gasteiger partial charge is 0.270 e. The van der Waals surface area contributed by atoms with Gasteiger partial charge in [-0.05, 0) is 18.2 Å². The summed E-state index contributed by atoms with van der Waals surface area (Å²) in [4.78, 5) is 23.5. The number of nitro groups is 1. The summed E-state index contributed by atoms with van der Waals surface area (Å²) in [6.07, 6.45) is 0. The van der Waals surface area contributed by atoms with Crippen LogP contribution in [0.3, 0.4) is 0 Å². The Hall–Kier alpha value is -2.96. The summed E-state index contributed by atoms with van der Waals surface area (Å²) in [5, 5.41) is 10.8. The molecule has 0 bridgehead atoms. The molecule has 0 aliphatic heterocycles. The molecule has 0 saturated carbocycles. The third kappa shape index (κ3) is 2.81. The average molecular weight is 289 g/mol. The van der Waals surface area contributed by atoms with Crippen molar-refractivity contribution in [3.63, 3.8) is 0 Å². The zero-order valence-electron chi connectivity index (χ0n) is 11.1. The Balaban J connectivity index is 2.42. The number of para-hydroxylation sites is 1. The molecule has 21 heavy (non-hydrogen) atoms. The van der Waals surface area contributed by atoms with Gasteiger partial charge in [0.2, 0.25) is 0 Å². The minimum Gasteiger partial charge on any atom is -0.398 e. The van der Waals surface area contributed by atoms with Crippen LogP contribution in [0.2, 0.25) is 0 Å². The van der Waals surface area contributed by atoms with Gasteiger partial charge in [-0.3, -0.25) is 14.9 Å². The van der Waals surface area contributed by atoms with E-state index in [0.717, 1.165) is 11.0 Å². The van der Waals surface area contributed by atoms with Crippen LogP contribution in [0.4, 0.5) is 21.5 Å². The van der Waals surface area contributed by atoms with Gasteiger partial charge in [0.15, 0.2) is 0 Å². The van der Waals surface area contributed by atoms with Gasteiger partial charge in [-0.1, -0.05) is 12.1 Å². The van der Waals surface area contributed by atoms with Crippen molar-refractivity contribution in [3.05, 3.63) is 64.0 Å². The second-order valence-corrected chi connectivity index (χ2v) is 4.34. The zero-order chi connectivity index (χ0) is 15.6. The number of hydrogen-bond acceptors (Lipinski definition) is 4. The summed E-state index contributed by atoms with van der Waals surface area (Å²) in [7, 11) is 1.37. The lowest BCUT2D eigenvalue weighted by molar-refractivity contribution is -0.384. The maximum atomic E-state index is 13.7. The summed E-state index contributed by atoms with van der Waals surface area (Å²) in [5.74, 6) is -1.20. The van der Waals surface area contributed by atoms with Gasteiger partial charge >= 0.3 is 0 Å². The summed E-state index contributed by atoms with van der Waals surface area (Å²) >= 11 is 0. The number of nitrogens with zero attached hydrogens (tertiary/aromatic N) is 2. The fourth-order valence-electron chi connectivity index (χ4n) is 1.86. The quantitative estimate of drug-likeness (QED) is 0.534. The van der Waals surface area contributed by atoms with Crippen LogP contribution >= 0.6 is 0 Å². The number of carbonyl (C=O) groups is 1. The van der Waals surface area contributed by atoms with Gasteiger partial charge in [-0.25, -0.2) is 4.39 Å². The molecule has 1 amide bonds. The van der Waals surface area contributed by atoms with Crippen LogP contribution in [-0.2, 0) is 0 Å². The molecule has 0 atom stereocenters. The van der Waals surface area contributed by atoms with E-state index >= 15 is 0 Å². The monoisotopic (exact) mass is 289 g/mol. The van der Waals surface area contributed by atoms with Gasteiger partial charge in [0, 0.05) is 24.9 Å². The molecule has 0 saturated heterocycles. The second kappa shape index (κ2) is 5.58. The number of hydrogen-bond donors (Lipinski definition) is 1. The largest absolute Gasteiger partial charge is 0.398 e. The Bertz CT molecular complexity index is 718. The molecule has 2 aromatic rings. The number of anilines is 2. The van der Waals surface area contributed by atoms with E-state index < -0.39 is 16.6 Å². The molecule has 2 rings (SSSR count). The Morgan fingerprint density at radius 2 is 1.95 bits per heavy atom. The molecule has 108 valence electrons. The first-order chi connectivity index (χ1) is 9.91. The molecular weight excluding hydrogens is 277 g/mol. The van der Waals surface area contributed by atoms with Crippen molar-refractivity contribution in [3.8, 4) is 0 Å². The molecule has 0 fully saturated rings. The first-order valence-electron chi connectivity index (χ1n) is 5.98. The third-order valence-corrected chi connectivity index (χ3v) is 3.00. The molecule has 0 heterocycles. The summed E-state index contributed by atoms with van der Waals surface area (Å²) in [6.45, 7) is 0. The Labute approximate surface area is 119 Å². The Morgan fingerprint density at radius 3 is 2.57 bits per heavy atom. The van der Waals surface area contributed by atoms with Crippen molar-refractivity contribution in [1.82, 2.24) is 0 Å². The van der Waals surface area contributed by atoms with E-state index in [1.165, 1.54) is 37.4 Å². The van der Waals surface area contributed by atoms with Gasteiger partial charge in [0.1, 0.15) is 5.82 Å². The topological polar surface area (TPSA) is 89.5 Å². The molecule has 0 aliphatic carbocycles. The predicted octanol–water partition coefficient (Wildman–Crippen LogP) is 2.59. The maximum Gasteiger partial charge on any atom is 0.270 e. The van der Waals surface area contributed by atoms with Crippen LogP contribution in [0.5, 0.6) is 0 Å². The SMILES string of the molecule is CN(C(=O)c1cc([N+](=O)[O-])ccc1N)c1ccccc1F. The summed E-state index contributed by atoms with van der Waals surface area (Å²) < 4.78 is 13.7. The predicted molar refractivity (Wildman–Crippen MR) is 76.6 cm³/mol. The first kappa shape index (κ1) is 14.4. The molecule has 7 heteroatoms. The molecule has 0 spiro atoms. The number of non-ortho nitro benzene ring substituents is 1. The average Bonchev–Trinajstić information content (AvgIpc) is 2.46. The van der Waals surface area contributed by atoms with Crippen LogP contribution in [0, 0.1) is 15.9 Å². The highest BCUT2D eigenvalue weighted by atomic mass is 19.1. The number of halogens is 1. The van der Waals surface area contributed by atoms with Gasteiger partial charge in [0.25, 0.3) is 11.6 Å². The van der Waals surface area contributed by atoms with E-state index in [1.807, 2.05) is 0 Å². The molecule has 0 unspecified atom stereocenters. The minimum atomic E-state index is -0.626. The minimum absolute atomic E-state index is 0.0463. The van der Waals surface area contributed by atoms with Crippen molar-refractivity contribution in [2.75, 3.05) is 17.7 Å². The van der Waals surface area contributed by atoms with E-state index in [4.69, 9.17) is 5.73 Å². The third-order valence-electron chi connectivity index (χ3n) is 3.00. The van der Waals surface area contributed by atoms with Crippen LogP contribution < -0.4 is 10.6 Å². The molecular formula is C14H12FN3O3. The van der Waals surface area contributed by atoms with Gasteiger partial charge < -0.3 is 10.6 Å². The summed E-state index contributed by atoms with van der Waals surface area (Å²) in [5.41, 5.74) is 5.53. The van der Waals surface area contributed by atoms with Crippen molar-refractivity contribution in [1.29, 1.82) is 0 Å². The van der Waals surface area contributed by atoms with Gasteiger partial charge in [-0.2, -0.15) is 0 Å². The highest BCUT2D eigenvalue weighted by Gasteiger charge is 2.21. The number of nitro benzene ring substituents is 1. The number of nitrogens with two attached hydrogens (primary N) is 1. The molecule has 0 radical (unpaired) electrons. The Kier molecular flexibility index (Phi) is 3.84. The molecule has 2 aromatic carbocycles. The number of nitrogen functional groups attached to an aromatic ring is 1. The Morgan fingerprint density at radius 1 is 1.29 bits per heavy atom. The van der Waals surface area contributed by atoms with Crippen molar-refractivity contribution in [2.24, 2.45) is 0 Å².